The van der Waals surface area contributed by atoms with Crippen molar-refractivity contribution in [2.75, 3.05) is 25.1 Å². The van der Waals surface area contributed by atoms with E-state index in [1.165, 1.54) is 13.2 Å². The summed E-state index contributed by atoms with van der Waals surface area (Å²) in [6.45, 7) is 2.58. The molecule has 2 unspecified atom stereocenters. The van der Waals surface area contributed by atoms with Gasteiger partial charge in [0.2, 0.25) is 0 Å². The Kier molecular flexibility index (Phi) is 3.78. The summed E-state index contributed by atoms with van der Waals surface area (Å²) in [7, 11) is 1.37. The van der Waals surface area contributed by atoms with Crippen LogP contribution >= 0.6 is 0 Å². The molecular formula is C13H16N2O5. The van der Waals surface area contributed by atoms with E-state index in [1.807, 2.05) is 6.92 Å². The van der Waals surface area contributed by atoms with Crippen molar-refractivity contribution in [2.45, 2.75) is 6.92 Å². The van der Waals surface area contributed by atoms with E-state index in [9.17, 15) is 14.9 Å². The lowest BCUT2D eigenvalue weighted by Gasteiger charge is -2.19. The third-order valence-electron chi connectivity index (χ3n) is 3.65. The van der Waals surface area contributed by atoms with Gasteiger partial charge in [0, 0.05) is 13.1 Å². The fourth-order valence-corrected chi connectivity index (χ4v) is 2.60. The number of hydrogen-bond acceptors (Lipinski definition) is 5. The molecule has 1 aliphatic rings. The molecule has 0 aromatic heterocycles. The first kappa shape index (κ1) is 14.1. The summed E-state index contributed by atoms with van der Waals surface area (Å²) in [6, 6.07) is 4.81. The Morgan fingerprint density at radius 3 is 2.70 bits per heavy atom. The van der Waals surface area contributed by atoms with E-state index >= 15 is 0 Å². The third kappa shape index (κ3) is 2.38. The number of carbonyl (C=O) groups is 1. The van der Waals surface area contributed by atoms with E-state index in [-0.39, 0.29) is 23.9 Å². The molecule has 2 rings (SSSR count). The second-order valence-corrected chi connectivity index (χ2v) is 4.91. The second kappa shape index (κ2) is 5.36. The maximum Gasteiger partial charge on any atom is 0.333 e. The number of para-hydroxylation sites is 1. The van der Waals surface area contributed by atoms with Gasteiger partial charge in [-0.1, -0.05) is 13.0 Å². The van der Waals surface area contributed by atoms with Gasteiger partial charge < -0.3 is 14.7 Å². The lowest BCUT2D eigenvalue weighted by Crippen LogP contribution is -2.23. The minimum atomic E-state index is -0.870. The molecule has 1 fully saturated rings. The van der Waals surface area contributed by atoms with Gasteiger partial charge in [-0.3, -0.25) is 14.9 Å². The molecule has 2 atom stereocenters. The molecule has 0 saturated carbocycles. The van der Waals surface area contributed by atoms with Crippen molar-refractivity contribution < 1.29 is 19.6 Å². The molecule has 1 aromatic rings. The number of ether oxygens (including phenoxy) is 1. The Balaban J connectivity index is 2.39. The zero-order valence-electron chi connectivity index (χ0n) is 11.3. The second-order valence-electron chi connectivity index (χ2n) is 4.91. The first-order valence-electron chi connectivity index (χ1n) is 6.24. The topological polar surface area (TPSA) is 92.9 Å². The summed E-state index contributed by atoms with van der Waals surface area (Å²) >= 11 is 0. The van der Waals surface area contributed by atoms with Gasteiger partial charge in [0.15, 0.2) is 5.75 Å². The molecular weight excluding hydrogens is 264 g/mol. The highest BCUT2D eigenvalue weighted by atomic mass is 16.6. The standard InChI is InChI=1S/C13H16N2O5/c1-8-6-14(7-9(8)13(16)17)10-4-3-5-11(20-2)12(10)15(18)19/h3-5,8-9H,6-7H2,1-2H3,(H,16,17). The normalized spacial score (nSPS) is 21.8. The molecule has 1 saturated heterocycles. The number of nitro groups is 1. The summed E-state index contributed by atoms with van der Waals surface area (Å²) in [4.78, 5) is 23.6. The molecule has 1 N–H and O–H groups in total. The quantitative estimate of drug-likeness (QED) is 0.667. The van der Waals surface area contributed by atoms with Gasteiger partial charge in [0.1, 0.15) is 5.69 Å². The number of aliphatic carboxylic acids is 1. The molecule has 0 radical (unpaired) electrons. The molecule has 7 heteroatoms. The van der Waals surface area contributed by atoms with E-state index < -0.39 is 16.8 Å². The number of methoxy groups -OCH3 is 1. The molecule has 0 bridgehead atoms. The van der Waals surface area contributed by atoms with Gasteiger partial charge in [-0.2, -0.15) is 0 Å². The van der Waals surface area contributed by atoms with Crippen LogP contribution in [0.2, 0.25) is 0 Å². The van der Waals surface area contributed by atoms with Crippen LogP contribution in [0, 0.1) is 22.0 Å². The summed E-state index contributed by atoms with van der Waals surface area (Å²) in [5.74, 6) is -1.26. The fraction of sp³-hybridized carbons (Fsp3) is 0.462. The first-order valence-corrected chi connectivity index (χ1v) is 6.24. The Labute approximate surface area is 115 Å². The fourth-order valence-electron chi connectivity index (χ4n) is 2.60. The van der Waals surface area contributed by atoms with Crippen LogP contribution in [0.1, 0.15) is 6.92 Å². The van der Waals surface area contributed by atoms with Crippen LogP contribution < -0.4 is 9.64 Å². The molecule has 0 spiro atoms. The van der Waals surface area contributed by atoms with Crippen molar-refractivity contribution in [1.29, 1.82) is 0 Å². The average molecular weight is 280 g/mol. The number of anilines is 1. The average Bonchev–Trinajstić information content (AvgIpc) is 2.79. The monoisotopic (exact) mass is 280 g/mol. The Bertz CT molecular complexity index is 546. The molecule has 7 nitrogen and oxygen atoms in total. The number of benzene rings is 1. The minimum Gasteiger partial charge on any atom is -0.490 e. The SMILES string of the molecule is COc1cccc(N2CC(C)C(C(=O)O)C2)c1[N+](=O)[O-]. The van der Waals surface area contributed by atoms with Gasteiger partial charge in [0.05, 0.1) is 18.0 Å². The summed E-state index contributed by atoms with van der Waals surface area (Å²) in [5.41, 5.74) is 0.290. The van der Waals surface area contributed by atoms with Crippen molar-refractivity contribution in [2.24, 2.45) is 11.8 Å². The number of hydrogen-bond donors (Lipinski definition) is 1. The Morgan fingerprint density at radius 2 is 2.20 bits per heavy atom. The molecule has 108 valence electrons. The molecule has 0 aliphatic carbocycles. The van der Waals surface area contributed by atoms with Crippen molar-refractivity contribution in [3.05, 3.63) is 28.3 Å². The van der Waals surface area contributed by atoms with Crippen LogP contribution in [-0.2, 0) is 4.79 Å². The lowest BCUT2D eigenvalue weighted by atomic mass is 9.99. The summed E-state index contributed by atoms with van der Waals surface area (Å²) < 4.78 is 5.02. The lowest BCUT2D eigenvalue weighted by molar-refractivity contribution is -0.385. The predicted molar refractivity (Wildman–Crippen MR) is 72.2 cm³/mol. The van der Waals surface area contributed by atoms with Crippen LogP contribution in [0.15, 0.2) is 18.2 Å². The van der Waals surface area contributed by atoms with Gasteiger partial charge in [-0.05, 0) is 18.1 Å². The largest absolute Gasteiger partial charge is 0.490 e. The van der Waals surface area contributed by atoms with Crippen molar-refractivity contribution >= 4 is 17.3 Å². The Hall–Kier alpha value is -2.31. The summed E-state index contributed by atoms with van der Waals surface area (Å²) in [6.07, 6.45) is 0. The van der Waals surface area contributed by atoms with Gasteiger partial charge in [0.25, 0.3) is 0 Å². The number of nitro benzene ring substituents is 1. The van der Waals surface area contributed by atoms with E-state index in [4.69, 9.17) is 9.84 Å². The van der Waals surface area contributed by atoms with E-state index in [2.05, 4.69) is 0 Å². The maximum atomic E-state index is 11.2. The van der Waals surface area contributed by atoms with Crippen LogP contribution in [0.25, 0.3) is 0 Å². The van der Waals surface area contributed by atoms with Crippen LogP contribution in [0.3, 0.4) is 0 Å². The molecule has 0 amide bonds. The van der Waals surface area contributed by atoms with Gasteiger partial charge in [-0.15, -0.1) is 0 Å². The zero-order chi connectivity index (χ0) is 14.9. The smallest absolute Gasteiger partial charge is 0.333 e. The highest BCUT2D eigenvalue weighted by molar-refractivity contribution is 5.75. The maximum absolute atomic E-state index is 11.2. The summed E-state index contributed by atoms with van der Waals surface area (Å²) in [5, 5.41) is 20.4. The number of rotatable bonds is 4. The number of carboxylic acid groups (broad SMARTS) is 1. The Morgan fingerprint density at radius 1 is 1.50 bits per heavy atom. The first-order chi connectivity index (χ1) is 9.45. The highest BCUT2D eigenvalue weighted by Crippen LogP contribution is 2.40. The van der Waals surface area contributed by atoms with E-state index in [0.29, 0.717) is 12.2 Å². The van der Waals surface area contributed by atoms with Crippen LogP contribution in [-0.4, -0.2) is 36.2 Å². The molecule has 20 heavy (non-hydrogen) atoms. The molecule has 1 heterocycles. The highest BCUT2D eigenvalue weighted by Gasteiger charge is 2.37. The van der Waals surface area contributed by atoms with Crippen molar-refractivity contribution in [3.63, 3.8) is 0 Å². The van der Waals surface area contributed by atoms with Crippen LogP contribution in [0.4, 0.5) is 11.4 Å². The van der Waals surface area contributed by atoms with E-state index in [1.54, 1.807) is 17.0 Å². The molecule has 1 aromatic carbocycles. The van der Waals surface area contributed by atoms with Crippen molar-refractivity contribution in [1.82, 2.24) is 0 Å². The number of carboxylic acids is 1. The number of nitrogens with zero attached hydrogens (tertiary/aromatic N) is 2. The van der Waals surface area contributed by atoms with Gasteiger partial charge >= 0.3 is 11.7 Å². The van der Waals surface area contributed by atoms with Gasteiger partial charge in [-0.25, -0.2) is 0 Å². The van der Waals surface area contributed by atoms with Crippen LogP contribution in [0.5, 0.6) is 5.75 Å². The zero-order valence-corrected chi connectivity index (χ0v) is 11.3. The van der Waals surface area contributed by atoms with E-state index in [0.717, 1.165) is 0 Å². The third-order valence-corrected chi connectivity index (χ3v) is 3.65. The predicted octanol–water partition coefficient (Wildman–Crippen LogP) is 1.76. The molecule has 1 aliphatic heterocycles. The minimum absolute atomic E-state index is 0.0571. The van der Waals surface area contributed by atoms with Crippen molar-refractivity contribution in [3.8, 4) is 5.75 Å².